The Bertz CT molecular complexity index is 1630. The van der Waals surface area contributed by atoms with Gasteiger partial charge in [-0.2, -0.15) is 0 Å². The van der Waals surface area contributed by atoms with Crippen LogP contribution in [0.2, 0.25) is 0 Å². The SMILES string of the molecule is C=CCOC(=O)NCCCC[C@H](NC(=O)[C@H](C)NC(=O)OCc1ccccc1)C(=O)Nc1ccc(COC(=O)Oc2ccc([N+](=O)[O-])cc2)cc1. The van der Waals surface area contributed by atoms with Crippen LogP contribution in [0.4, 0.5) is 25.8 Å². The highest BCUT2D eigenvalue weighted by molar-refractivity contribution is 5.98. The van der Waals surface area contributed by atoms with Crippen LogP contribution in [-0.2, 0) is 37.0 Å². The van der Waals surface area contributed by atoms with E-state index in [9.17, 15) is 34.1 Å². The number of amides is 4. The maximum absolute atomic E-state index is 13.3. The number of benzene rings is 3. The molecule has 3 aromatic carbocycles. The van der Waals surface area contributed by atoms with Gasteiger partial charge in [0.2, 0.25) is 11.8 Å². The molecule has 3 aromatic rings. The minimum absolute atomic E-state index is 0.0123. The summed E-state index contributed by atoms with van der Waals surface area (Å²) < 4.78 is 20.1. The third-order valence-electron chi connectivity index (χ3n) is 6.92. The number of nitro benzene ring substituents is 1. The molecule has 16 heteroatoms. The zero-order chi connectivity index (χ0) is 37.0. The van der Waals surface area contributed by atoms with Gasteiger partial charge in [-0.05, 0) is 61.6 Å². The first-order valence-corrected chi connectivity index (χ1v) is 15.8. The Morgan fingerprint density at radius 2 is 1.47 bits per heavy atom. The van der Waals surface area contributed by atoms with Crippen molar-refractivity contribution in [1.29, 1.82) is 0 Å². The second-order valence-corrected chi connectivity index (χ2v) is 10.9. The topological polar surface area (TPSA) is 214 Å². The third-order valence-corrected chi connectivity index (χ3v) is 6.92. The summed E-state index contributed by atoms with van der Waals surface area (Å²) in [5.41, 5.74) is 1.57. The number of non-ortho nitro benzene ring substituents is 1. The van der Waals surface area contributed by atoms with Gasteiger partial charge in [-0.15, -0.1) is 0 Å². The Morgan fingerprint density at radius 1 is 0.804 bits per heavy atom. The average Bonchev–Trinajstić information content (AvgIpc) is 3.12. The summed E-state index contributed by atoms with van der Waals surface area (Å²) in [6.45, 7) is 5.12. The molecule has 0 saturated heterocycles. The predicted octanol–water partition coefficient (Wildman–Crippen LogP) is 5.13. The summed E-state index contributed by atoms with van der Waals surface area (Å²) in [5.74, 6) is -1.08. The molecule has 4 N–H and O–H groups in total. The molecule has 16 nitrogen and oxygen atoms in total. The summed E-state index contributed by atoms with van der Waals surface area (Å²) in [4.78, 5) is 72.5. The number of carbonyl (C=O) groups is 5. The molecule has 51 heavy (non-hydrogen) atoms. The van der Waals surface area contributed by atoms with Crippen molar-refractivity contribution >= 4 is 41.5 Å². The Labute approximate surface area is 293 Å². The standard InChI is InChI=1S/C35H39N5O11/c1-3-21-48-33(43)36-20-8-7-11-30(39-31(41)24(2)37-34(44)49-22-25-9-5-4-6-10-25)32(42)38-27-14-12-26(13-15-27)23-50-35(45)51-29-18-16-28(17-19-29)40(46)47/h3-6,9-10,12-19,24,30H,1,7-8,11,20-23H2,2H3,(H,36,43)(H,37,44)(H,38,42)(H,39,41)/t24-,30-/m0/s1. The Morgan fingerprint density at radius 3 is 2.14 bits per heavy atom. The summed E-state index contributed by atoms with van der Waals surface area (Å²) in [6.07, 6.45) is 0.129. The molecule has 0 aliphatic heterocycles. The van der Waals surface area contributed by atoms with Gasteiger partial charge in [0.1, 0.15) is 37.7 Å². The van der Waals surface area contributed by atoms with Crippen molar-refractivity contribution in [3.8, 4) is 5.75 Å². The number of carbonyl (C=O) groups excluding carboxylic acids is 5. The summed E-state index contributed by atoms with van der Waals surface area (Å²) >= 11 is 0. The quantitative estimate of drug-likeness (QED) is 0.0259. The zero-order valence-electron chi connectivity index (χ0n) is 27.8. The summed E-state index contributed by atoms with van der Waals surface area (Å²) in [6, 6.07) is 18.2. The molecule has 0 saturated carbocycles. The minimum atomic E-state index is -1.03. The van der Waals surface area contributed by atoms with Gasteiger partial charge < -0.3 is 40.2 Å². The fourth-order valence-electron chi connectivity index (χ4n) is 4.24. The molecule has 0 aliphatic carbocycles. The van der Waals surface area contributed by atoms with E-state index in [1.54, 1.807) is 48.5 Å². The monoisotopic (exact) mass is 705 g/mol. The first kappa shape index (κ1) is 39.0. The van der Waals surface area contributed by atoms with Crippen LogP contribution in [0.3, 0.4) is 0 Å². The van der Waals surface area contributed by atoms with Crippen molar-refractivity contribution in [2.45, 2.75) is 51.5 Å². The molecule has 0 radical (unpaired) electrons. The first-order valence-electron chi connectivity index (χ1n) is 15.8. The molecule has 0 heterocycles. The van der Waals surface area contributed by atoms with Crippen LogP contribution < -0.4 is 26.0 Å². The molecule has 2 atom stereocenters. The van der Waals surface area contributed by atoms with Gasteiger partial charge in [0.05, 0.1) is 4.92 Å². The van der Waals surface area contributed by atoms with Crippen molar-refractivity contribution in [3.05, 3.63) is 113 Å². The Hall–Kier alpha value is -6.45. The van der Waals surface area contributed by atoms with Crippen molar-refractivity contribution in [3.63, 3.8) is 0 Å². The highest BCUT2D eigenvalue weighted by Gasteiger charge is 2.25. The molecule has 0 spiro atoms. The fraction of sp³-hybridized carbons (Fsp3) is 0.286. The predicted molar refractivity (Wildman–Crippen MR) is 184 cm³/mol. The van der Waals surface area contributed by atoms with Crippen molar-refractivity contribution in [2.75, 3.05) is 18.5 Å². The van der Waals surface area contributed by atoms with Gasteiger partial charge in [0.25, 0.3) is 5.69 Å². The highest BCUT2D eigenvalue weighted by atomic mass is 16.7. The van der Waals surface area contributed by atoms with E-state index in [1.807, 2.05) is 6.07 Å². The number of anilines is 1. The van der Waals surface area contributed by atoms with Gasteiger partial charge in [0, 0.05) is 24.4 Å². The maximum atomic E-state index is 13.3. The van der Waals surface area contributed by atoms with Crippen molar-refractivity contribution < 1.29 is 47.8 Å². The molecule has 3 rings (SSSR count). The van der Waals surface area contributed by atoms with E-state index in [-0.39, 0.29) is 44.2 Å². The molecule has 270 valence electrons. The average molecular weight is 706 g/mol. The van der Waals surface area contributed by atoms with Gasteiger partial charge in [-0.25, -0.2) is 14.4 Å². The van der Waals surface area contributed by atoms with E-state index in [0.29, 0.717) is 24.1 Å². The second-order valence-electron chi connectivity index (χ2n) is 10.9. The van der Waals surface area contributed by atoms with E-state index in [2.05, 4.69) is 27.8 Å². The molecule has 0 bridgehead atoms. The lowest BCUT2D eigenvalue weighted by molar-refractivity contribution is -0.384. The highest BCUT2D eigenvalue weighted by Crippen LogP contribution is 2.18. The van der Waals surface area contributed by atoms with Crippen LogP contribution in [0.25, 0.3) is 0 Å². The van der Waals surface area contributed by atoms with Crippen LogP contribution >= 0.6 is 0 Å². The molecular weight excluding hydrogens is 666 g/mol. The minimum Gasteiger partial charge on any atom is -0.445 e. The van der Waals surface area contributed by atoms with Crippen LogP contribution in [0.1, 0.15) is 37.3 Å². The number of rotatable bonds is 18. The fourth-order valence-corrected chi connectivity index (χ4v) is 4.24. The van der Waals surface area contributed by atoms with Crippen LogP contribution in [0.15, 0.2) is 91.5 Å². The van der Waals surface area contributed by atoms with E-state index in [4.69, 9.17) is 18.9 Å². The number of unbranched alkanes of at least 4 members (excludes halogenated alkanes) is 1. The Balaban J connectivity index is 1.53. The number of ether oxygens (including phenoxy) is 4. The maximum Gasteiger partial charge on any atom is 0.514 e. The second kappa shape index (κ2) is 20.8. The number of nitrogens with one attached hydrogen (secondary N) is 4. The van der Waals surface area contributed by atoms with Gasteiger partial charge >= 0.3 is 18.3 Å². The zero-order valence-corrected chi connectivity index (χ0v) is 27.8. The smallest absolute Gasteiger partial charge is 0.445 e. The molecule has 0 fully saturated rings. The summed E-state index contributed by atoms with van der Waals surface area (Å²) in [5, 5.41) is 21.2. The number of nitro groups is 1. The molecular formula is C35H39N5O11. The number of nitrogens with zero attached hydrogens (tertiary/aromatic N) is 1. The summed E-state index contributed by atoms with van der Waals surface area (Å²) in [7, 11) is 0. The largest absolute Gasteiger partial charge is 0.514 e. The van der Waals surface area contributed by atoms with Crippen LogP contribution in [0, 0.1) is 10.1 Å². The lowest BCUT2D eigenvalue weighted by Gasteiger charge is -2.21. The van der Waals surface area contributed by atoms with E-state index in [0.717, 1.165) is 5.56 Å². The normalized spacial score (nSPS) is 11.5. The molecule has 4 amide bonds. The van der Waals surface area contributed by atoms with Gasteiger partial charge in [-0.3, -0.25) is 19.7 Å². The third kappa shape index (κ3) is 14.7. The van der Waals surface area contributed by atoms with E-state index in [1.165, 1.54) is 37.3 Å². The Kier molecular flexibility index (Phi) is 15.9. The van der Waals surface area contributed by atoms with Gasteiger partial charge in [0.15, 0.2) is 0 Å². The van der Waals surface area contributed by atoms with Crippen molar-refractivity contribution in [2.24, 2.45) is 0 Å². The van der Waals surface area contributed by atoms with Crippen LogP contribution in [-0.4, -0.2) is 60.3 Å². The molecule has 0 aromatic heterocycles. The number of hydrogen-bond acceptors (Lipinski definition) is 11. The lowest BCUT2D eigenvalue weighted by atomic mass is 10.1. The van der Waals surface area contributed by atoms with Crippen molar-refractivity contribution in [1.82, 2.24) is 16.0 Å². The molecule has 0 aliphatic rings. The molecule has 0 unspecified atom stereocenters. The lowest BCUT2D eigenvalue weighted by Crippen LogP contribution is -2.51. The van der Waals surface area contributed by atoms with E-state index >= 15 is 0 Å². The van der Waals surface area contributed by atoms with E-state index < -0.39 is 47.2 Å². The van der Waals surface area contributed by atoms with Gasteiger partial charge in [-0.1, -0.05) is 55.1 Å². The van der Waals surface area contributed by atoms with Crippen LogP contribution in [0.5, 0.6) is 5.75 Å². The first-order chi connectivity index (χ1) is 24.5. The number of alkyl carbamates (subject to hydrolysis) is 2. The number of hydrogen-bond donors (Lipinski definition) is 4.